The highest BCUT2D eigenvalue weighted by atomic mass is 15.2. The quantitative estimate of drug-likeness (QED) is 0.838. The summed E-state index contributed by atoms with van der Waals surface area (Å²) < 4.78 is 0. The summed E-state index contributed by atoms with van der Waals surface area (Å²) in [4.78, 5) is 2.46. The smallest absolute Gasteiger partial charge is 0.0369 e. The summed E-state index contributed by atoms with van der Waals surface area (Å²) in [6.45, 7) is 16.6. The van der Waals surface area contributed by atoms with Gasteiger partial charge in [-0.15, -0.1) is 0 Å². The van der Waals surface area contributed by atoms with Crippen molar-refractivity contribution < 1.29 is 0 Å². The van der Waals surface area contributed by atoms with E-state index in [1.807, 2.05) is 0 Å². The van der Waals surface area contributed by atoms with Crippen molar-refractivity contribution in [3.05, 3.63) is 29.8 Å². The van der Waals surface area contributed by atoms with Crippen LogP contribution in [0.1, 0.15) is 40.2 Å². The van der Waals surface area contributed by atoms with Crippen LogP contribution in [-0.2, 0) is 0 Å². The van der Waals surface area contributed by atoms with Gasteiger partial charge in [0.05, 0.1) is 0 Å². The Hall–Kier alpha value is -1.02. The highest BCUT2D eigenvalue weighted by Crippen LogP contribution is 2.23. The molecular weight excluding hydrogens is 232 g/mol. The first-order valence-corrected chi connectivity index (χ1v) is 7.43. The molecule has 1 rings (SSSR count). The summed E-state index contributed by atoms with van der Waals surface area (Å²) in [5.41, 5.74) is 2.93. The highest BCUT2D eigenvalue weighted by Gasteiger charge is 2.25. The fraction of sp³-hybridized carbons (Fsp3) is 0.647. The van der Waals surface area contributed by atoms with Crippen LogP contribution in [0.15, 0.2) is 24.3 Å². The first kappa shape index (κ1) is 16.0. The molecule has 1 aromatic carbocycles. The van der Waals surface area contributed by atoms with Gasteiger partial charge >= 0.3 is 0 Å². The zero-order valence-electron chi connectivity index (χ0n) is 13.5. The van der Waals surface area contributed by atoms with Crippen molar-refractivity contribution in [2.24, 2.45) is 5.41 Å². The van der Waals surface area contributed by atoms with E-state index < -0.39 is 0 Å². The molecule has 0 fully saturated rings. The van der Waals surface area contributed by atoms with E-state index in [0.717, 1.165) is 19.6 Å². The summed E-state index contributed by atoms with van der Waals surface area (Å²) in [5, 5.41) is 3.63. The van der Waals surface area contributed by atoms with E-state index in [-0.39, 0.29) is 5.41 Å². The minimum absolute atomic E-state index is 0.271. The van der Waals surface area contributed by atoms with Crippen LogP contribution in [0.2, 0.25) is 0 Å². The predicted molar refractivity (Wildman–Crippen MR) is 86.0 cm³/mol. The fourth-order valence-electron chi connectivity index (χ4n) is 2.35. The summed E-state index contributed by atoms with van der Waals surface area (Å²) >= 11 is 0. The van der Waals surface area contributed by atoms with E-state index in [0.29, 0.717) is 6.04 Å². The van der Waals surface area contributed by atoms with Crippen LogP contribution in [0.4, 0.5) is 5.69 Å². The van der Waals surface area contributed by atoms with Crippen LogP contribution < -0.4 is 10.2 Å². The molecule has 0 aliphatic rings. The van der Waals surface area contributed by atoms with Gasteiger partial charge in [-0.2, -0.15) is 0 Å². The van der Waals surface area contributed by atoms with Crippen LogP contribution >= 0.6 is 0 Å². The Morgan fingerprint density at radius 1 is 1.21 bits per heavy atom. The van der Waals surface area contributed by atoms with Crippen LogP contribution in [0.5, 0.6) is 0 Å². The first-order valence-electron chi connectivity index (χ1n) is 7.43. The second-order valence-corrected chi connectivity index (χ2v) is 6.35. The fourth-order valence-corrected chi connectivity index (χ4v) is 2.35. The predicted octanol–water partition coefficient (Wildman–Crippen LogP) is 3.85. The van der Waals surface area contributed by atoms with E-state index in [2.05, 4.69) is 76.0 Å². The van der Waals surface area contributed by atoms with E-state index in [1.54, 1.807) is 0 Å². The summed E-state index contributed by atoms with van der Waals surface area (Å²) in [6, 6.07) is 9.28. The zero-order chi connectivity index (χ0) is 14.5. The Bertz CT molecular complexity index is 379. The Morgan fingerprint density at radius 2 is 1.89 bits per heavy atom. The molecular formula is C17H30N2. The third-order valence-corrected chi connectivity index (χ3v) is 3.65. The Kier molecular flexibility index (Phi) is 5.86. The number of hydrogen-bond acceptors (Lipinski definition) is 2. The highest BCUT2D eigenvalue weighted by molar-refractivity contribution is 5.48. The number of aryl methyl sites for hydroxylation is 1. The number of anilines is 1. The second kappa shape index (κ2) is 6.95. The summed E-state index contributed by atoms with van der Waals surface area (Å²) in [5.74, 6) is 0. The Labute approximate surface area is 119 Å². The summed E-state index contributed by atoms with van der Waals surface area (Å²) in [6.07, 6.45) is 0. The van der Waals surface area contributed by atoms with Gasteiger partial charge < -0.3 is 10.2 Å². The van der Waals surface area contributed by atoms with Gasteiger partial charge in [0.25, 0.3) is 0 Å². The van der Waals surface area contributed by atoms with Crippen molar-refractivity contribution in [2.75, 3.05) is 24.5 Å². The monoisotopic (exact) mass is 262 g/mol. The van der Waals surface area contributed by atoms with Gasteiger partial charge in [-0.05, 0) is 43.5 Å². The maximum Gasteiger partial charge on any atom is 0.0369 e. The molecule has 0 amide bonds. The van der Waals surface area contributed by atoms with E-state index >= 15 is 0 Å². The van der Waals surface area contributed by atoms with Gasteiger partial charge in [-0.25, -0.2) is 0 Å². The van der Waals surface area contributed by atoms with Crippen molar-refractivity contribution in [2.45, 2.75) is 47.6 Å². The number of nitrogens with one attached hydrogen (secondary N) is 1. The van der Waals surface area contributed by atoms with Gasteiger partial charge in [0.15, 0.2) is 0 Å². The van der Waals surface area contributed by atoms with Crippen molar-refractivity contribution in [3.8, 4) is 0 Å². The number of hydrogen-bond donors (Lipinski definition) is 1. The lowest BCUT2D eigenvalue weighted by molar-refractivity contribution is 0.274. The molecule has 2 nitrogen and oxygen atoms in total. The molecule has 1 N–H and O–H groups in total. The average Bonchev–Trinajstić information content (AvgIpc) is 2.33. The molecule has 0 saturated heterocycles. The molecule has 1 aromatic rings. The lowest BCUT2D eigenvalue weighted by atomic mass is 9.86. The standard InChI is InChI=1S/C17H30N2/c1-7-18-16(17(4,5)6)13-19(8-2)15-11-9-10-14(3)12-15/h9-12,16,18H,7-8,13H2,1-6H3. The number of likely N-dealkylation sites (N-methyl/N-ethyl adjacent to an activating group) is 2. The molecule has 0 spiro atoms. The molecule has 108 valence electrons. The molecule has 0 bridgehead atoms. The average molecular weight is 262 g/mol. The first-order chi connectivity index (χ1) is 8.88. The lowest BCUT2D eigenvalue weighted by Crippen LogP contribution is -2.48. The van der Waals surface area contributed by atoms with Crippen LogP contribution in [0.3, 0.4) is 0 Å². The van der Waals surface area contributed by atoms with E-state index in [9.17, 15) is 0 Å². The maximum absolute atomic E-state index is 3.63. The molecule has 0 aliphatic carbocycles. The van der Waals surface area contributed by atoms with E-state index in [1.165, 1.54) is 11.3 Å². The number of benzene rings is 1. The van der Waals surface area contributed by atoms with Gasteiger partial charge in [-0.3, -0.25) is 0 Å². The molecule has 0 radical (unpaired) electrons. The second-order valence-electron chi connectivity index (χ2n) is 6.35. The molecule has 1 unspecified atom stereocenters. The molecule has 0 aromatic heterocycles. The minimum Gasteiger partial charge on any atom is -0.370 e. The Morgan fingerprint density at radius 3 is 2.37 bits per heavy atom. The normalized spacial score (nSPS) is 13.4. The number of nitrogens with zero attached hydrogens (tertiary/aromatic N) is 1. The largest absolute Gasteiger partial charge is 0.370 e. The number of rotatable bonds is 6. The van der Waals surface area contributed by atoms with Crippen molar-refractivity contribution in [3.63, 3.8) is 0 Å². The lowest BCUT2D eigenvalue weighted by Gasteiger charge is -2.36. The third-order valence-electron chi connectivity index (χ3n) is 3.65. The van der Waals surface area contributed by atoms with Gasteiger partial charge in [0, 0.05) is 24.8 Å². The molecule has 1 atom stereocenters. The van der Waals surface area contributed by atoms with E-state index in [4.69, 9.17) is 0 Å². The molecule has 2 heteroatoms. The van der Waals surface area contributed by atoms with Crippen LogP contribution in [0, 0.1) is 12.3 Å². The van der Waals surface area contributed by atoms with Gasteiger partial charge in [-0.1, -0.05) is 39.8 Å². The van der Waals surface area contributed by atoms with Gasteiger partial charge in [0.2, 0.25) is 0 Å². The molecule has 0 saturated carbocycles. The van der Waals surface area contributed by atoms with Gasteiger partial charge in [0.1, 0.15) is 0 Å². The third kappa shape index (κ3) is 4.87. The SMILES string of the molecule is CCNC(CN(CC)c1cccc(C)c1)C(C)(C)C. The van der Waals surface area contributed by atoms with Crippen LogP contribution in [0.25, 0.3) is 0 Å². The minimum atomic E-state index is 0.271. The molecule has 0 heterocycles. The Balaban J connectivity index is 2.85. The van der Waals surface area contributed by atoms with Crippen molar-refractivity contribution >= 4 is 5.69 Å². The molecule has 0 aliphatic heterocycles. The topological polar surface area (TPSA) is 15.3 Å². The zero-order valence-corrected chi connectivity index (χ0v) is 13.5. The molecule has 19 heavy (non-hydrogen) atoms. The van der Waals surface area contributed by atoms with Crippen molar-refractivity contribution in [1.82, 2.24) is 5.32 Å². The maximum atomic E-state index is 3.63. The summed E-state index contributed by atoms with van der Waals surface area (Å²) in [7, 11) is 0. The van der Waals surface area contributed by atoms with Crippen molar-refractivity contribution in [1.29, 1.82) is 0 Å². The van der Waals surface area contributed by atoms with Crippen LogP contribution in [-0.4, -0.2) is 25.7 Å².